The number of fused-ring (bicyclic) bond motifs is 1. The number of nitrogens with zero attached hydrogens (tertiary/aromatic N) is 3. The van der Waals surface area contributed by atoms with Crippen molar-refractivity contribution in [2.45, 2.75) is 36.4 Å². The van der Waals surface area contributed by atoms with Gasteiger partial charge in [-0.05, 0) is 42.7 Å². The number of para-hydroxylation sites is 1. The van der Waals surface area contributed by atoms with Gasteiger partial charge in [-0.15, -0.1) is 10.2 Å². The zero-order valence-electron chi connectivity index (χ0n) is 17.1. The van der Waals surface area contributed by atoms with Crippen LogP contribution in [0.5, 0.6) is 11.5 Å². The number of amides is 1. The Labute approximate surface area is 185 Å². The van der Waals surface area contributed by atoms with Gasteiger partial charge in [-0.1, -0.05) is 48.9 Å². The first-order valence-electron chi connectivity index (χ1n) is 10.5. The molecule has 8 heteroatoms. The average molecular weight is 437 g/mol. The SMILES string of the molecule is O=C(CSc1nncn1-c1ccccc1)NC1(c2ccc3c(c2)OCCO3)CCCC1. The van der Waals surface area contributed by atoms with Gasteiger partial charge in [-0.25, -0.2) is 0 Å². The van der Waals surface area contributed by atoms with Crippen LogP contribution in [0, 0.1) is 0 Å². The van der Waals surface area contributed by atoms with Gasteiger partial charge in [0.25, 0.3) is 0 Å². The summed E-state index contributed by atoms with van der Waals surface area (Å²) in [7, 11) is 0. The first-order valence-corrected chi connectivity index (χ1v) is 11.5. The minimum Gasteiger partial charge on any atom is -0.486 e. The van der Waals surface area contributed by atoms with Crippen molar-refractivity contribution in [2.24, 2.45) is 0 Å². The van der Waals surface area contributed by atoms with Crippen LogP contribution in [0.1, 0.15) is 31.2 Å². The molecule has 2 heterocycles. The first-order chi connectivity index (χ1) is 15.2. The van der Waals surface area contributed by atoms with E-state index in [1.165, 1.54) is 11.8 Å². The monoisotopic (exact) mass is 436 g/mol. The number of nitrogens with one attached hydrogen (secondary N) is 1. The summed E-state index contributed by atoms with van der Waals surface area (Å²) in [5, 5.41) is 12.2. The van der Waals surface area contributed by atoms with E-state index >= 15 is 0 Å². The molecule has 1 aliphatic heterocycles. The van der Waals surface area contributed by atoms with Crippen molar-refractivity contribution in [2.75, 3.05) is 19.0 Å². The van der Waals surface area contributed by atoms with E-state index in [1.807, 2.05) is 47.0 Å². The molecule has 160 valence electrons. The third kappa shape index (κ3) is 4.12. The fourth-order valence-corrected chi connectivity index (χ4v) is 5.06. The van der Waals surface area contributed by atoms with E-state index < -0.39 is 0 Å². The summed E-state index contributed by atoms with van der Waals surface area (Å²) in [6.07, 6.45) is 5.68. The lowest BCUT2D eigenvalue weighted by Crippen LogP contribution is -2.44. The van der Waals surface area contributed by atoms with Gasteiger partial charge in [0.2, 0.25) is 5.91 Å². The molecule has 0 bridgehead atoms. The van der Waals surface area contributed by atoms with Crippen LogP contribution in [0.15, 0.2) is 60.0 Å². The smallest absolute Gasteiger partial charge is 0.231 e. The molecular weight excluding hydrogens is 412 g/mol. The Hall–Kier alpha value is -3.00. The number of benzene rings is 2. The zero-order chi connectivity index (χ0) is 21.1. The average Bonchev–Trinajstić information content (AvgIpc) is 3.48. The zero-order valence-corrected chi connectivity index (χ0v) is 17.9. The summed E-state index contributed by atoms with van der Waals surface area (Å²) in [4.78, 5) is 13.0. The maximum absolute atomic E-state index is 13.0. The lowest BCUT2D eigenvalue weighted by atomic mass is 9.87. The second-order valence-corrected chi connectivity index (χ2v) is 8.75. The van der Waals surface area contributed by atoms with Crippen molar-refractivity contribution in [3.8, 4) is 17.2 Å². The number of thioether (sulfide) groups is 1. The molecule has 31 heavy (non-hydrogen) atoms. The number of aromatic nitrogens is 3. The van der Waals surface area contributed by atoms with Gasteiger partial charge in [-0.3, -0.25) is 9.36 Å². The molecule has 2 aromatic carbocycles. The molecule has 0 atom stereocenters. The van der Waals surface area contributed by atoms with Gasteiger partial charge in [-0.2, -0.15) is 0 Å². The van der Waals surface area contributed by atoms with Gasteiger partial charge < -0.3 is 14.8 Å². The number of rotatable bonds is 6. The molecule has 2 aliphatic rings. The molecule has 1 aromatic heterocycles. The van der Waals surface area contributed by atoms with Crippen molar-refractivity contribution in [1.29, 1.82) is 0 Å². The third-order valence-corrected chi connectivity index (χ3v) is 6.76. The molecule has 1 fully saturated rings. The highest BCUT2D eigenvalue weighted by Gasteiger charge is 2.37. The van der Waals surface area contributed by atoms with Crippen LogP contribution < -0.4 is 14.8 Å². The molecule has 1 aliphatic carbocycles. The van der Waals surface area contributed by atoms with Crippen molar-refractivity contribution >= 4 is 17.7 Å². The summed E-state index contributed by atoms with van der Waals surface area (Å²) in [6.45, 7) is 1.12. The van der Waals surface area contributed by atoms with Crippen LogP contribution in [0.25, 0.3) is 5.69 Å². The summed E-state index contributed by atoms with van der Waals surface area (Å²) >= 11 is 1.39. The van der Waals surface area contributed by atoms with Gasteiger partial charge in [0, 0.05) is 5.69 Å². The molecule has 0 unspecified atom stereocenters. The predicted octanol–water partition coefficient (Wildman–Crippen LogP) is 3.72. The van der Waals surface area contributed by atoms with E-state index in [-0.39, 0.29) is 17.2 Å². The van der Waals surface area contributed by atoms with E-state index in [0.29, 0.717) is 18.4 Å². The van der Waals surface area contributed by atoms with Gasteiger partial charge in [0.1, 0.15) is 19.5 Å². The fraction of sp³-hybridized carbons (Fsp3) is 0.348. The Bertz CT molecular complexity index is 1060. The van der Waals surface area contributed by atoms with Crippen molar-refractivity contribution < 1.29 is 14.3 Å². The number of ether oxygens (including phenoxy) is 2. The molecule has 3 aromatic rings. The lowest BCUT2D eigenvalue weighted by molar-refractivity contribution is -0.120. The van der Waals surface area contributed by atoms with Gasteiger partial charge in [0.05, 0.1) is 11.3 Å². The fourth-order valence-electron chi connectivity index (χ4n) is 4.33. The maximum Gasteiger partial charge on any atom is 0.231 e. The standard InChI is InChI=1S/C23H24N4O3S/c28-21(15-31-22-26-24-16-27(22)18-6-2-1-3-7-18)25-23(10-4-5-11-23)17-8-9-19-20(14-17)30-13-12-29-19/h1-3,6-9,14,16H,4-5,10-13,15H2,(H,25,28). The van der Waals surface area contributed by atoms with Gasteiger partial charge in [0.15, 0.2) is 16.7 Å². The summed E-state index contributed by atoms with van der Waals surface area (Å²) < 4.78 is 13.3. The van der Waals surface area contributed by atoms with E-state index in [2.05, 4.69) is 21.6 Å². The number of hydrogen-bond acceptors (Lipinski definition) is 6. The Kier molecular flexibility index (Phi) is 5.55. The maximum atomic E-state index is 13.0. The lowest BCUT2D eigenvalue weighted by Gasteiger charge is -2.32. The summed E-state index contributed by atoms with van der Waals surface area (Å²) in [6, 6.07) is 15.9. The van der Waals surface area contributed by atoms with Crippen molar-refractivity contribution in [1.82, 2.24) is 20.1 Å². The van der Waals surface area contributed by atoms with E-state index in [9.17, 15) is 4.79 Å². The minimum atomic E-state index is -0.361. The van der Waals surface area contributed by atoms with Crippen LogP contribution in [0.4, 0.5) is 0 Å². The van der Waals surface area contributed by atoms with Crippen molar-refractivity contribution in [3.05, 3.63) is 60.4 Å². The number of carbonyl (C=O) groups is 1. The topological polar surface area (TPSA) is 78.3 Å². The molecule has 7 nitrogen and oxygen atoms in total. The molecule has 1 N–H and O–H groups in total. The normalized spacial score (nSPS) is 16.8. The molecule has 1 saturated carbocycles. The largest absolute Gasteiger partial charge is 0.486 e. The predicted molar refractivity (Wildman–Crippen MR) is 118 cm³/mol. The second-order valence-electron chi connectivity index (χ2n) is 7.80. The van der Waals surface area contributed by atoms with Crippen LogP contribution >= 0.6 is 11.8 Å². The number of carbonyl (C=O) groups excluding carboxylic acids is 1. The molecule has 0 saturated heterocycles. The Balaban J connectivity index is 1.30. The quantitative estimate of drug-likeness (QED) is 0.594. The molecular formula is C23H24N4O3S. The highest BCUT2D eigenvalue weighted by Crippen LogP contribution is 2.42. The van der Waals surface area contributed by atoms with E-state index in [1.54, 1.807) is 6.33 Å². The molecule has 0 spiro atoms. The Morgan fingerprint density at radius 3 is 2.65 bits per heavy atom. The Morgan fingerprint density at radius 2 is 1.84 bits per heavy atom. The molecule has 0 radical (unpaired) electrons. The first kappa shape index (κ1) is 19.9. The summed E-state index contributed by atoms with van der Waals surface area (Å²) in [5.41, 5.74) is 1.69. The van der Waals surface area contributed by atoms with Gasteiger partial charge >= 0.3 is 0 Å². The van der Waals surface area contributed by atoms with E-state index in [0.717, 1.165) is 48.4 Å². The number of hydrogen-bond donors (Lipinski definition) is 1. The van der Waals surface area contributed by atoms with Crippen molar-refractivity contribution in [3.63, 3.8) is 0 Å². The minimum absolute atomic E-state index is 0.00981. The second kappa shape index (κ2) is 8.63. The molecule has 5 rings (SSSR count). The van der Waals surface area contributed by atoms with E-state index in [4.69, 9.17) is 9.47 Å². The highest BCUT2D eigenvalue weighted by atomic mass is 32.2. The Morgan fingerprint density at radius 1 is 1.06 bits per heavy atom. The summed E-state index contributed by atoms with van der Waals surface area (Å²) in [5.74, 6) is 1.79. The van der Waals surface area contributed by atoms with Crippen LogP contribution in [0.2, 0.25) is 0 Å². The highest BCUT2D eigenvalue weighted by molar-refractivity contribution is 7.99. The molecule has 1 amide bonds. The van der Waals surface area contributed by atoms with Crippen LogP contribution in [-0.2, 0) is 10.3 Å². The third-order valence-electron chi connectivity index (χ3n) is 5.81. The van der Waals surface area contributed by atoms with Crippen LogP contribution in [-0.4, -0.2) is 39.6 Å². The van der Waals surface area contributed by atoms with Crippen LogP contribution in [0.3, 0.4) is 0 Å².